The Morgan fingerprint density at radius 2 is 1.48 bits per heavy atom. The Hall–Kier alpha value is -2.48. The molecule has 0 N–H and O–H groups in total. The second-order valence-corrected chi connectivity index (χ2v) is 5.42. The van der Waals surface area contributed by atoms with Gasteiger partial charge in [0.15, 0.2) is 0 Å². The molecule has 0 aliphatic carbocycles. The van der Waals surface area contributed by atoms with Gasteiger partial charge in [-0.05, 0) is 30.7 Å². The largest absolute Gasteiger partial charge is 0.309 e. The Morgan fingerprint density at radius 3 is 2.33 bits per heavy atom. The fourth-order valence-electron chi connectivity index (χ4n) is 3.06. The first-order chi connectivity index (χ1) is 10.3. The lowest BCUT2D eigenvalue weighted by Gasteiger charge is -2.10. The van der Waals surface area contributed by atoms with Gasteiger partial charge < -0.3 is 4.57 Å². The smallest absolute Gasteiger partial charge is 0.113 e. The Kier molecular flexibility index (Phi) is 2.65. The van der Waals surface area contributed by atoms with E-state index in [2.05, 4.69) is 72.2 Å². The highest BCUT2D eigenvalue weighted by atomic mass is 15.0. The molecule has 0 amide bonds. The van der Waals surface area contributed by atoms with Crippen molar-refractivity contribution in [3.05, 3.63) is 72.3 Å². The van der Waals surface area contributed by atoms with Gasteiger partial charge in [0.2, 0.25) is 0 Å². The molecule has 21 heavy (non-hydrogen) atoms. The van der Waals surface area contributed by atoms with Crippen LogP contribution in [-0.4, -0.2) is 12.4 Å². The van der Waals surface area contributed by atoms with Crippen molar-refractivity contribution in [2.24, 2.45) is 0 Å². The van der Waals surface area contributed by atoms with Gasteiger partial charge in [-0.25, -0.2) is 0 Å². The van der Waals surface area contributed by atoms with Crippen molar-refractivity contribution in [1.82, 2.24) is 4.57 Å². The predicted octanol–water partition coefficient (Wildman–Crippen LogP) is 3.89. The minimum absolute atomic E-state index is 0.801. The molecule has 0 saturated carbocycles. The maximum Gasteiger partial charge on any atom is 0.113 e. The van der Waals surface area contributed by atoms with Crippen LogP contribution >= 0.6 is 0 Å². The van der Waals surface area contributed by atoms with Gasteiger partial charge in [0.25, 0.3) is 0 Å². The van der Waals surface area contributed by atoms with E-state index in [1.807, 2.05) is 6.07 Å². The van der Waals surface area contributed by atoms with E-state index in [9.17, 15) is 0 Å². The van der Waals surface area contributed by atoms with Crippen molar-refractivity contribution in [2.75, 3.05) is 0 Å². The molecule has 0 aliphatic heterocycles. The first-order valence-corrected chi connectivity index (χ1v) is 7.10. The lowest BCUT2D eigenvalue weighted by molar-refractivity contribution is 1.15. The van der Waals surface area contributed by atoms with Gasteiger partial charge in [0, 0.05) is 16.5 Å². The maximum absolute atomic E-state index is 5.98. The maximum atomic E-state index is 5.98. The van der Waals surface area contributed by atoms with Crippen LogP contribution in [0.4, 0.5) is 0 Å². The second-order valence-electron chi connectivity index (χ2n) is 5.42. The summed E-state index contributed by atoms with van der Waals surface area (Å²) in [6.07, 6.45) is 0. The quantitative estimate of drug-likeness (QED) is 0.461. The molecule has 0 unspecified atom stereocenters. The third-order valence-corrected chi connectivity index (χ3v) is 4.05. The van der Waals surface area contributed by atoms with E-state index in [0.29, 0.717) is 0 Å². The van der Waals surface area contributed by atoms with Crippen LogP contribution in [-0.2, 0) is 0 Å². The van der Waals surface area contributed by atoms with Crippen molar-refractivity contribution in [1.29, 1.82) is 0 Å². The average Bonchev–Trinajstić information content (AvgIpc) is 2.82. The zero-order valence-electron chi connectivity index (χ0n) is 11.9. The van der Waals surface area contributed by atoms with Gasteiger partial charge in [-0.15, -0.1) is 0 Å². The third kappa shape index (κ3) is 1.79. The van der Waals surface area contributed by atoms with E-state index in [0.717, 1.165) is 5.46 Å². The molecule has 0 saturated heterocycles. The molecule has 0 atom stereocenters. The van der Waals surface area contributed by atoms with Gasteiger partial charge in [-0.1, -0.05) is 54.0 Å². The molecule has 4 aromatic rings. The Balaban J connectivity index is 2.23. The topological polar surface area (TPSA) is 4.93 Å². The van der Waals surface area contributed by atoms with Crippen LogP contribution in [0.1, 0.15) is 5.56 Å². The molecule has 0 spiro atoms. The number of fused-ring (bicyclic) bond motifs is 3. The lowest BCUT2D eigenvalue weighted by Crippen LogP contribution is -2.01. The third-order valence-electron chi connectivity index (χ3n) is 4.05. The molecule has 1 aromatic heterocycles. The summed E-state index contributed by atoms with van der Waals surface area (Å²) in [5.74, 6) is 0. The molecule has 0 fully saturated rings. The van der Waals surface area contributed by atoms with Gasteiger partial charge in [-0.2, -0.15) is 0 Å². The fraction of sp³-hybridized carbons (Fsp3) is 0.0526. The molecule has 1 heterocycles. The monoisotopic (exact) mass is 267 g/mol. The van der Waals surface area contributed by atoms with Gasteiger partial charge >= 0.3 is 0 Å². The zero-order chi connectivity index (χ0) is 14.4. The number of para-hydroxylation sites is 2. The Morgan fingerprint density at radius 1 is 0.762 bits per heavy atom. The van der Waals surface area contributed by atoms with Crippen LogP contribution in [0.15, 0.2) is 66.7 Å². The summed E-state index contributed by atoms with van der Waals surface area (Å²) in [4.78, 5) is 0. The van der Waals surface area contributed by atoms with Gasteiger partial charge in [0.1, 0.15) is 7.85 Å². The molecular formula is C19H14BN. The molecule has 98 valence electrons. The number of aromatic nitrogens is 1. The first-order valence-electron chi connectivity index (χ1n) is 7.10. The summed E-state index contributed by atoms with van der Waals surface area (Å²) in [6, 6.07) is 23.1. The van der Waals surface area contributed by atoms with E-state index in [-0.39, 0.29) is 0 Å². The molecule has 2 heteroatoms. The van der Waals surface area contributed by atoms with Crippen LogP contribution in [0.25, 0.3) is 27.5 Å². The second kappa shape index (κ2) is 4.52. The molecule has 0 aliphatic rings. The molecule has 2 radical (unpaired) electrons. The van der Waals surface area contributed by atoms with E-state index >= 15 is 0 Å². The summed E-state index contributed by atoms with van der Waals surface area (Å²) in [5, 5.41) is 2.44. The fourth-order valence-corrected chi connectivity index (χ4v) is 3.06. The van der Waals surface area contributed by atoms with Crippen molar-refractivity contribution >= 4 is 35.1 Å². The number of hydrogen-bond acceptors (Lipinski definition) is 0. The normalized spacial score (nSPS) is 11.3. The number of benzene rings is 3. The highest BCUT2D eigenvalue weighted by Crippen LogP contribution is 2.32. The van der Waals surface area contributed by atoms with Crippen molar-refractivity contribution in [2.45, 2.75) is 6.92 Å². The average molecular weight is 267 g/mol. The van der Waals surface area contributed by atoms with Crippen LogP contribution < -0.4 is 5.46 Å². The summed E-state index contributed by atoms with van der Waals surface area (Å²) >= 11 is 0. The Bertz CT molecular complexity index is 966. The summed E-state index contributed by atoms with van der Waals surface area (Å²) in [5.41, 5.74) is 5.69. The van der Waals surface area contributed by atoms with Gasteiger partial charge in [0.05, 0.1) is 11.0 Å². The van der Waals surface area contributed by atoms with Crippen LogP contribution in [0.5, 0.6) is 0 Å². The molecule has 3 aromatic carbocycles. The summed E-state index contributed by atoms with van der Waals surface area (Å²) < 4.78 is 2.32. The first kappa shape index (κ1) is 12.3. The van der Waals surface area contributed by atoms with Gasteiger partial charge in [-0.3, -0.25) is 0 Å². The van der Waals surface area contributed by atoms with E-state index < -0.39 is 0 Å². The summed E-state index contributed by atoms with van der Waals surface area (Å²) in [7, 11) is 5.98. The number of nitrogens with zero attached hydrogens (tertiary/aromatic N) is 1. The van der Waals surface area contributed by atoms with E-state index in [1.54, 1.807) is 0 Å². The Labute approximate surface area is 125 Å². The highest BCUT2D eigenvalue weighted by molar-refractivity contribution is 6.33. The number of rotatable bonds is 1. The van der Waals surface area contributed by atoms with Crippen LogP contribution in [0, 0.1) is 6.92 Å². The number of aryl methyl sites for hydroxylation is 1. The molecule has 0 bridgehead atoms. The van der Waals surface area contributed by atoms with E-state index in [4.69, 9.17) is 7.85 Å². The minimum atomic E-state index is 0.801. The summed E-state index contributed by atoms with van der Waals surface area (Å²) in [6.45, 7) is 2.15. The lowest BCUT2D eigenvalue weighted by atomic mass is 9.94. The van der Waals surface area contributed by atoms with Crippen molar-refractivity contribution < 1.29 is 0 Å². The van der Waals surface area contributed by atoms with Crippen molar-refractivity contribution in [3.8, 4) is 5.69 Å². The minimum Gasteiger partial charge on any atom is -0.309 e. The zero-order valence-corrected chi connectivity index (χ0v) is 11.9. The molecular weight excluding hydrogens is 253 g/mol. The molecule has 4 rings (SSSR count). The van der Waals surface area contributed by atoms with Crippen LogP contribution in [0.3, 0.4) is 0 Å². The highest BCUT2D eigenvalue weighted by Gasteiger charge is 2.12. The van der Waals surface area contributed by atoms with Crippen molar-refractivity contribution in [3.63, 3.8) is 0 Å². The predicted molar refractivity (Wildman–Crippen MR) is 90.9 cm³/mol. The molecule has 1 nitrogen and oxygen atoms in total. The SMILES string of the molecule is [B]c1ccc2c(c1)c1ccccc1n2-c1ccccc1C. The van der Waals surface area contributed by atoms with E-state index in [1.165, 1.54) is 33.1 Å². The standard InChI is InChI=1S/C19H14BN/c1-13-6-2-4-8-17(13)21-18-9-5-3-7-15(18)16-12-14(20)10-11-19(16)21/h2-12H,1H3. The number of hydrogen-bond donors (Lipinski definition) is 0. The van der Waals surface area contributed by atoms with Crippen LogP contribution in [0.2, 0.25) is 0 Å².